The van der Waals surface area contributed by atoms with E-state index in [1.165, 1.54) is 4.31 Å². The summed E-state index contributed by atoms with van der Waals surface area (Å²) in [5, 5.41) is 0. The molecule has 1 aromatic carbocycles. The van der Waals surface area contributed by atoms with Gasteiger partial charge in [0.1, 0.15) is 0 Å². The molecule has 0 bridgehead atoms. The minimum absolute atomic E-state index is 0. The predicted molar refractivity (Wildman–Crippen MR) is 68.5 cm³/mol. The fourth-order valence-electron chi connectivity index (χ4n) is 1.72. The number of nitrogens with zero attached hydrogens (tertiary/aromatic N) is 1. The minimum atomic E-state index is -3.10. The Hall–Kier alpha value is -0.940. The lowest BCUT2D eigenvalue weighted by Crippen LogP contribution is -2.37. The van der Waals surface area contributed by atoms with Crippen molar-refractivity contribution in [1.82, 2.24) is 0 Å². The van der Waals surface area contributed by atoms with Crippen molar-refractivity contribution in [3.8, 4) is 0 Å². The smallest absolute Gasteiger partial charge is 0.235 e. The molecular formula is C10H15ClN2O2S. The number of anilines is 2. The molecule has 1 aliphatic rings. The number of hydrogen-bond donors (Lipinski definition) is 1. The Morgan fingerprint density at radius 1 is 1.12 bits per heavy atom. The molecule has 6 heteroatoms. The summed E-state index contributed by atoms with van der Waals surface area (Å²) in [7, 11) is -3.10. The van der Waals surface area contributed by atoms with Crippen LogP contribution in [-0.4, -0.2) is 20.7 Å². The first kappa shape index (κ1) is 13.1. The average Bonchev–Trinajstić information content (AvgIpc) is 2.19. The van der Waals surface area contributed by atoms with Crippen LogP contribution in [0.25, 0.3) is 0 Å². The van der Waals surface area contributed by atoms with Gasteiger partial charge in [0.15, 0.2) is 0 Å². The number of halogens is 1. The van der Waals surface area contributed by atoms with Gasteiger partial charge in [-0.05, 0) is 37.1 Å². The molecule has 0 radical (unpaired) electrons. The maximum absolute atomic E-state index is 11.8. The van der Waals surface area contributed by atoms with Crippen molar-refractivity contribution in [3.05, 3.63) is 24.3 Å². The lowest BCUT2D eigenvalue weighted by atomic mass is 10.2. The maximum atomic E-state index is 11.8. The molecule has 0 aliphatic carbocycles. The van der Waals surface area contributed by atoms with Crippen LogP contribution in [0.15, 0.2) is 24.3 Å². The fraction of sp³-hybridized carbons (Fsp3) is 0.400. The first-order valence-electron chi connectivity index (χ1n) is 4.95. The SMILES string of the molecule is Cl.Nc1ccc(N2CCCCS2(=O)=O)cc1. The Bertz CT molecular complexity index is 444. The van der Waals surface area contributed by atoms with E-state index < -0.39 is 10.0 Å². The Labute approximate surface area is 102 Å². The van der Waals surface area contributed by atoms with Gasteiger partial charge in [0.05, 0.1) is 11.4 Å². The molecule has 0 saturated carbocycles. The van der Waals surface area contributed by atoms with Crippen molar-refractivity contribution in [3.63, 3.8) is 0 Å². The van der Waals surface area contributed by atoms with Crippen LogP contribution in [0.3, 0.4) is 0 Å². The van der Waals surface area contributed by atoms with E-state index in [9.17, 15) is 8.42 Å². The van der Waals surface area contributed by atoms with Gasteiger partial charge in [-0.1, -0.05) is 0 Å². The summed E-state index contributed by atoms with van der Waals surface area (Å²) < 4.78 is 25.0. The highest BCUT2D eigenvalue weighted by molar-refractivity contribution is 7.92. The molecule has 1 saturated heterocycles. The Morgan fingerprint density at radius 2 is 1.75 bits per heavy atom. The number of sulfonamides is 1. The third-order valence-electron chi connectivity index (χ3n) is 2.53. The highest BCUT2D eigenvalue weighted by atomic mass is 35.5. The standard InChI is InChI=1S/C10H14N2O2S.ClH/c11-9-3-5-10(6-4-9)12-7-1-2-8-15(12,13)14;/h3-6H,1-2,7-8,11H2;1H. The summed E-state index contributed by atoms with van der Waals surface area (Å²) in [6.45, 7) is 0.576. The zero-order valence-corrected chi connectivity index (χ0v) is 10.4. The highest BCUT2D eigenvalue weighted by Crippen LogP contribution is 2.23. The molecule has 1 aliphatic heterocycles. The number of benzene rings is 1. The molecule has 0 spiro atoms. The minimum Gasteiger partial charge on any atom is -0.399 e. The van der Waals surface area contributed by atoms with Crippen molar-refractivity contribution >= 4 is 33.8 Å². The number of nitrogens with two attached hydrogens (primary N) is 1. The lowest BCUT2D eigenvalue weighted by Gasteiger charge is -2.28. The topological polar surface area (TPSA) is 63.4 Å². The van der Waals surface area contributed by atoms with Crippen LogP contribution < -0.4 is 10.0 Å². The number of rotatable bonds is 1. The zero-order chi connectivity index (χ0) is 10.9. The van der Waals surface area contributed by atoms with Crippen molar-refractivity contribution in [2.24, 2.45) is 0 Å². The zero-order valence-electron chi connectivity index (χ0n) is 8.80. The van der Waals surface area contributed by atoms with Crippen LogP contribution in [0.5, 0.6) is 0 Å². The molecule has 2 rings (SSSR count). The summed E-state index contributed by atoms with van der Waals surface area (Å²) in [6, 6.07) is 6.94. The predicted octanol–water partition coefficient (Wildman–Crippen LogP) is 1.62. The fourth-order valence-corrected chi connectivity index (χ4v) is 3.36. The molecular weight excluding hydrogens is 248 g/mol. The van der Waals surface area contributed by atoms with Gasteiger partial charge in [0, 0.05) is 12.2 Å². The summed E-state index contributed by atoms with van der Waals surface area (Å²) in [6.07, 6.45) is 1.68. The lowest BCUT2D eigenvalue weighted by molar-refractivity contribution is 0.574. The van der Waals surface area contributed by atoms with Gasteiger partial charge >= 0.3 is 0 Å². The Morgan fingerprint density at radius 3 is 2.31 bits per heavy atom. The van der Waals surface area contributed by atoms with Crippen LogP contribution in [-0.2, 0) is 10.0 Å². The summed E-state index contributed by atoms with van der Waals surface area (Å²) in [5.41, 5.74) is 6.91. The highest BCUT2D eigenvalue weighted by Gasteiger charge is 2.25. The Balaban J connectivity index is 0.00000128. The summed E-state index contributed by atoms with van der Waals surface area (Å²) in [5.74, 6) is 0.247. The normalized spacial score (nSPS) is 18.9. The second-order valence-electron chi connectivity index (χ2n) is 3.69. The molecule has 90 valence electrons. The molecule has 2 N–H and O–H groups in total. The van der Waals surface area contributed by atoms with Crippen molar-refractivity contribution in [1.29, 1.82) is 0 Å². The van der Waals surface area contributed by atoms with Crippen LogP contribution in [0.1, 0.15) is 12.8 Å². The van der Waals surface area contributed by atoms with Gasteiger partial charge < -0.3 is 5.73 Å². The monoisotopic (exact) mass is 262 g/mol. The molecule has 16 heavy (non-hydrogen) atoms. The first-order chi connectivity index (χ1) is 7.09. The number of nitrogen functional groups attached to an aromatic ring is 1. The molecule has 0 aromatic heterocycles. The van der Waals surface area contributed by atoms with Gasteiger partial charge in [0.25, 0.3) is 0 Å². The molecule has 0 atom stereocenters. The molecule has 1 heterocycles. The van der Waals surface area contributed by atoms with Crippen LogP contribution in [0.2, 0.25) is 0 Å². The Kier molecular flexibility index (Phi) is 4.04. The largest absolute Gasteiger partial charge is 0.399 e. The van der Waals surface area contributed by atoms with Crippen molar-refractivity contribution in [2.75, 3.05) is 22.3 Å². The average molecular weight is 263 g/mol. The van der Waals surface area contributed by atoms with E-state index in [0.717, 1.165) is 12.8 Å². The van der Waals surface area contributed by atoms with Crippen LogP contribution in [0.4, 0.5) is 11.4 Å². The molecule has 4 nitrogen and oxygen atoms in total. The van der Waals surface area contributed by atoms with Gasteiger partial charge in [-0.2, -0.15) is 0 Å². The number of hydrogen-bond acceptors (Lipinski definition) is 3. The van der Waals surface area contributed by atoms with E-state index >= 15 is 0 Å². The van der Waals surface area contributed by atoms with Gasteiger partial charge in [-0.15, -0.1) is 12.4 Å². The maximum Gasteiger partial charge on any atom is 0.235 e. The van der Waals surface area contributed by atoms with Gasteiger partial charge in [-0.25, -0.2) is 8.42 Å². The van der Waals surface area contributed by atoms with E-state index in [-0.39, 0.29) is 18.2 Å². The third kappa shape index (κ3) is 2.59. The van der Waals surface area contributed by atoms with Crippen molar-refractivity contribution in [2.45, 2.75) is 12.8 Å². The molecule has 0 amide bonds. The van der Waals surface area contributed by atoms with Crippen LogP contribution in [0, 0.1) is 0 Å². The van der Waals surface area contributed by atoms with Gasteiger partial charge in [0.2, 0.25) is 10.0 Å². The van der Waals surface area contributed by atoms with Gasteiger partial charge in [-0.3, -0.25) is 4.31 Å². The van der Waals surface area contributed by atoms with E-state index in [4.69, 9.17) is 5.73 Å². The summed E-state index contributed by atoms with van der Waals surface area (Å²) >= 11 is 0. The molecule has 1 fully saturated rings. The first-order valence-corrected chi connectivity index (χ1v) is 6.56. The second kappa shape index (κ2) is 4.93. The van der Waals surface area contributed by atoms with E-state index in [0.29, 0.717) is 17.9 Å². The second-order valence-corrected chi connectivity index (χ2v) is 5.70. The molecule has 1 aromatic rings. The van der Waals surface area contributed by atoms with E-state index in [1.54, 1.807) is 24.3 Å². The van der Waals surface area contributed by atoms with E-state index in [2.05, 4.69) is 0 Å². The van der Waals surface area contributed by atoms with Crippen molar-refractivity contribution < 1.29 is 8.42 Å². The van der Waals surface area contributed by atoms with Crippen LogP contribution >= 0.6 is 12.4 Å². The quantitative estimate of drug-likeness (QED) is 0.783. The van der Waals surface area contributed by atoms with E-state index in [1.807, 2.05) is 0 Å². The molecule has 0 unspecified atom stereocenters. The third-order valence-corrected chi connectivity index (χ3v) is 4.40. The summed E-state index contributed by atoms with van der Waals surface area (Å²) in [4.78, 5) is 0.